The van der Waals surface area contributed by atoms with Crippen LogP contribution in [0.2, 0.25) is 0 Å². The molecule has 0 N–H and O–H groups in total. The number of hydrogen-bond acceptors (Lipinski definition) is 4. The quantitative estimate of drug-likeness (QED) is 0.646. The number of thiol groups is 2. The molecule has 2 aromatic rings. The van der Waals surface area contributed by atoms with Gasteiger partial charge in [-0.1, -0.05) is 24.3 Å². The van der Waals surface area contributed by atoms with E-state index in [9.17, 15) is 18.0 Å². The van der Waals surface area contributed by atoms with Crippen molar-refractivity contribution in [2.75, 3.05) is 0 Å². The number of benzene rings is 2. The van der Waals surface area contributed by atoms with Crippen LogP contribution in [-0.2, 0) is 16.1 Å². The smallest absolute Gasteiger partial charge is 0.454 e. The summed E-state index contributed by atoms with van der Waals surface area (Å²) in [5.41, 5.74) is 0.389. The first-order chi connectivity index (χ1) is 9.30. The molecule has 2 aromatic carbocycles. The lowest BCUT2D eigenvalue weighted by atomic mass is 10.1. The summed E-state index contributed by atoms with van der Waals surface area (Å²) in [7, 11) is 0. The predicted octanol–water partition coefficient (Wildman–Crippen LogP) is 4.02. The topological polar surface area (TPSA) is 26.3 Å². The van der Waals surface area contributed by atoms with Gasteiger partial charge in [0.15, 0.2) is 0 Å². The monoisotopic (exact) mass is 318 g/mol. The Balaban J connectivity index is 2.30. The van der Waals surface area contributed by atoms with Gasteiger partial charge in [0, 0.05) is 20.7 Å². The van der Waals surface area contributed by atoms with E-state index in [2.05, 4.69) is 30.0 Å². The summed E-state index contributed by atoms with van der Waals surface area (Å²) >= 11 is 8.57. The van der Waals surface area contributed by atoms with Crippen molar-refractivity contribution >= 4 is 42.0 Å². The fourth-order valence-electron chi connectivity index (χ4n) is 1.73. The van der Waals surface area contributed by atoms with E-state index in [-0.39, 0.29) is 0 Å². The Labute approximate surface area is 123 Å². The van der Waals surface area contributed by atoms with Gasteiger partial charge in [-0.15, -0.1) is 25.3 Å². The number of hydrogen-bond donors (Lipinski definition) is 2. The number of ether oxygens (including phenoxy) is 1. The molecule has 0 unspecified atom stereocenters. The maximum absolute atomic E-state index is 12.1. The zero-order valence-corrected chi connectivity index (χ0v) is 11.7. The summed E-state index contributed by atoms with van der Waals surface area (Å²) in [6, 6.07) is 8.67. The van der Waals surface area contributed by atoms with E-state index in [4.69, 9.17) is 0 Å². The molecule has 0 amide bonds. The molecule has 7 heteroatoms. The minimum atomic E-state index is -5.00. The third kappa shape index (κ3) is 3.04. The molecule has 0 aromatic heterocycles. The summed E-state index contributed by atoms with van der Waals surface area (Å²) < 4.78 is 40.4. The molecule has 106 valence electrons. The number of esters is 1. The Kier molecular flexibility index (Phi) is 4.19. The zero-order valence-electron chi connectivity index (χ0n) is 9.94. The van der Waals surface area contributed by atoms with Crippen LogP contribution >= 0.6 is 25.3 Å². The van der Waals surface area contributed by atoms with Gasteiger partial charge in [0.25, 0.3) is 0 Å². The highest BCUT2D eigenvalue weighted by Gasteiger charge is 2.40. The largest absolute Gasteiger partial charge is 0.490 e. The predicted molar refractivity (Wildman–Crippen MR) is 74.3 cm³/mol. The fraction of sp³-hybridized carbons (Fsp3) is 0.154. The number of carbonyl (C=O) groups is 1. The number of fused-ring (bicyclic) bond motifs is 1. The second kappa shape index (κ2) is 5.57. The van der Waals surface area contributed by atoms with E-state index in [0.29, 0.717) is 20.7 Å². The van der Waals surface area contributed by atoms with Crippen molar-refractivity contribution in [1.82, 2.24) is 0 Å². The van der Waals surface area contributed by atoms with E-state index < -0.39 is 18.8 Å². The van der Waals surface area contributed by atoms with Gasteiger partial charge in [-0.25, -0.2) is 4.79 Å². The van der Waals surface area contributed by atoms with Gasteiger partial charge in [-0.2, -0.15) is 13.2 Å². The number of alkyl halides is 3. The van der Waals surface area contributed by atoms with Gasteiger partial charge < -0.3 is 4.74 Å². The maximum Gasteiger partial charge on any atom is 0.490 e. The molecule has 0 radical (unpaired) electrons. The Morgan fingerprint density at radius 2 is 1.85 bits per heavy atom. The van der Waals surface area contributed by atoms with E-state index in [1.807, 2.05) is 6.07 Å². The summed E-state index contributed by atoms with van der Waals surface area (Å²) in [5, 5.41) is 1.56. The lowest BCUT2D eigenvalue weighted by molar-refractivity contribution is -0.201. The van der Waals surface area contributed by atoms with Crippen LogP contribution in [0.5, 0.6) is 0 Å². The van der Waals surface area contributed by atoms with Gasteiger partial charge in [-0.3, -0.25) is 0 Å². The molecule has 0 heterocycles. The molecule has 0 saturated carbocycles. The number of halogens is 3. The molecule has 20 heavy (non-hydrogen) atoms. The Morgan fingerprint density at radius 3 is 2.50 bits per heavy atom. The van der Waals surface area contributed by atoms with E-state index >= 15 is 0 Å². The van der Waals surface area contributed by atoms with Crippen LogP contribution in [0.1, 0.15) is 5.56 Å². The second-order valence-electron chi connectivity index (χ2n) is 4.02. The van der Waals surface area contributed by atoms with E-state index in [1.165, 1.54) is 0 Å². The van der Waals surface area contributed by atoms with Crippen molar-refractivity contribution < 1.29 is 22.7 Å². The fourth-order valence-corrected chi connectivity index (χ4v) is 2.53. The third-order valence-electron chi connectivity index (χ3n) is 2.67. The van der Waals surface area contributed by atoms with Crippen molar-refractivity contribution in [3.05, 3.63) is 35.9 Å². The van der Waals surface area contributed by atoms with Crippen LogP contribution in [0.15, 0.2) is 40.1 Å². The number of carbonyl (C=O) groups excluding carboxylic acids is 1. The minimum absolute atomic E-state index is 0.389. The van der Waals surface area contributed by atoms with E-state index in [0.717, 1.165) is 5.39 Å². The van der Waals surface area contributed by atoms with Crippen LogP contribution < -0.4 is 0 Å². The highest BCUT2D eigenvalue weighted by atomic mass is 32.1. The van der Waals surface area contributed by atoms with Crippen LogP contribution in [0, 0.1) is 0 Å². The highest BCUT2D eigenvalue weighted by molar-refractivity contribution is 7.81. The standard InChI is InChI=1S/C13H9F3O2S2/c14-13(15,16)12(17)18-6-8-5-4-7-2-1-3-9(19)10(7)11(8)20/h1-5,19-20H,6H2. The molecular weight excluding hydrogens is 309 g/mol. The van der Waals surface area contributed by atoms with Crippen molar-refractivity contribution in [2.24, 2.45) is 0 Å². The third-order valence-corrected chi connectivity index (χ3v) is 3.55. The highest BCUT2D eigenvalue weighted by Crippen LogP contribution is 2.31. The van der Waals surface area contributed by atoms with Crippen molar-refractivity contribution in [3.63, 3.8) is 0 Å². The molecular formula is C13H9F3O2S2. The van der Waals surface area contributed by atoms with Crippen molar-refractivity contribution in [1.29, 1.82) is 0 Å². The lowest BCUT2D eigenvalue weighted by Gasteiger charge is -2.12. The van der Waals surface area contributed by atoms with E-state index in [1.54, 1.807) is 24.3 Å². The summed E-state index contributed by atoms with van der Waals surface area (Å²) in [5.74, 6) is -2.22. The average Bonchev–Trinajstić information content (AvgIpc) is 2.36. The molecule has 0 aliphatic carbocycles. The normalized spacial score (nSPS) is 11.7. The minimum Gasteiger partial charge on any atom is -0.454 e. The Bertz CT molecular complexity index is 668. The van der Waals surface area contributed by atoms with Crippen molar-refractivity contribution in [3.8, 4) is 0 Å². The molecule has 2 nitrogen and oxygen atoms in total. The average molecular weight is 318 g/mol. The summed E-state index contributed by atoms with van der Waals surface area (Å²) in [6.45, 7) is -0.491. The maximum atomic E-state index is 12.1. The van der Waals surface area contributed by atoms with Crippen LogP contribution in [0.4, 0.5) is 13.2 Å². The first-order valence-corrected chi connectivity index (χ1v) is 6.36. The molecule has 0 bridgehead atoms. The molecule has 0 aliphatic heterocycles. The SMILES string of the molecule is O=C(OCc1ccc2cccc(S)c2c1S)C(F)(F)F. The molecule has 2 rings (SSSR count). The van der Waals surface area contributed by atoms with Crippen LogP contribution in [0.25, 0.3) is 10.8 Å². The molecule has 0 atom stereocenters. The summed E-state index contributed by atoms with van der Waals surface area (Å²) in [4.78, 5) is 11.8. The molecule has 0 aliphatic rings. The second-order valence-corrected chi connectivity index (χ2v) is 4.95. The number of rotatable bonds is 2. The molecule has 0 saturated heterocycles. The zero-order chi connectivity index (χ0) is 14.9. The van der Waals surface area contributed by atoms with Gasteiger partial charge in [0.05, 0.1) is 0 Å². The lowest BCUT2D eigenvalue weighted by Crippen LogP contribution is -2.25. The Morgan fingerprint density at radius 1 is 1.15 bits per heavy atom. The van der Waals surface area contributed by atoms with Gasteiger partial charge in [-0.05, 0) is 11.5 Å². The van der Waals surface area contributed by atoms with Gasteiger partial charge >= 0.3 is 12.1 Å². The first-order valence-electron chi connectivity index (χ1n) is 5.47. The first kappa shape index (κ1) is 15.1. The molecule has 0 spiro atoms. The van der Waals surface area contributed by atoms with Gasteiger partial charge in [0.2, 0.25) is 0 Å². The van der Waals surface area contributed by atoms with Crippen molar-refractivity contribution in [2.45, 2.75) is 22.6 Å². The van der Waals surface area contributed by atoms with Crippen LogP contribution in [-0.4, -0.2) is 12.1 Å². The Hall–Kier alpha value is -1.34. The van der Waals surface area contributed by atoms with Crippen LogP contribution in [0.3, 0.4) is 0 Å². The van der Waals surface area contributed by atoms with Gasteiger partial charge in [0.1, 0.15) is 6.61 Å². The summed E-state index contributed by atoms with van der Waals surface area (Å²) in [6.07, 6.45) is -5.00. The molecule has 0 fully saturated rings.